The van der Waals surface area contributed by atoms with E-state index in [1.807, 2.05) is 18.2 Å². The number of amides is 1. The monoisotopic (exact) mass is 493 g/mol. The molecule has 1 aliphatic heterocycles. The van der Waals surface area contributed by atoms with Crippen molar-refractivity contribution >= 4 is 29.1 Å². The topological polar surface area (TPSA) is 85.3 Å². The molecule has 0 aromatic heterocycles. The second-order valence-corrected chi connectivity index (χ2v) is 8.29. The molecule has 0 radical (unpaired) electrons. The van der Waals surface area contributed by atoms with E-state index in [0.717, 1.165) is 5.56 Å². The van der Waals surface area contributed by atoms with Crippen LogP contribution in [0.15, 0.2) is 72.3 Å². The molecule has 1 N–H and O–H groups in total. The van der Waals surface area contributed by atoms with Gasteiger partial charge >= 0.3 is 0 Å². The highest BCUT2D eigenvalue weighted by Gasteiger charge is 2.46. The summed E-state index contributed by atoms with van der Waals surface area (Å²) in [6.45, 7) is 0.0956. The van der Waals surface area contributed by atoms with Crippen LogP contribution in [0.2, 0.25) is 5.02 Å². The highest BCUT2D eigenvalue weighted by molar-refractivity contribution is 6.46. The van der Waals surface area contributed by atoms with E-state index in [4.69, 9.17) is 25.8 Å². The largest absolute Gasteiger partial charge is 0.507 e. The number of aliphatic hydroxyl groups excluding tert-OH is 1. The molecule has 3 aromatic rings. The number of rotatable bonds is 7. The maximum Gasteiger partial charge on any atom is 0.295 e. The Bertz CT molecular complexity index is 1300. The summed E-state index contributed by atoms with van der Waals surface area (Å²) in [4.78, 5) is 28.0. The molecule has 0 spiro atoms. The molecule has 1 aliphatic rings. The summed E-state index contributed by atoms with van der Waals surface area (Å²) in [7, 11) is 4.50. The van der Waals surface area contributed by atoms with Gasteiger partial charge in [0, 0.05) is 16.7 Å². The predicted molar refractivity (Wildman–Crippen MR) is 132 cm³/mol. The van der Waals surface area contributed by atoms with Crippen LogP contribution < -0.4 is 14.2 Å². The second kappa shape index (κ2) is 10.1. The molecular weight excluding hydrogens is 470 g/mol. The number of ketones is 1. The molecule has 8 heteroatoms. The van der Waals surface area contributed by atoms with Crippen LogP contribution in [-0.2, 0) is 16.1 Å². The van der Waals surface area contributed by atoms with Crippen molar-refractivity contribution in [2.75, 3.05) is 21.3 Å². The minimum atomic E-state index is -0.857. The molecule has 0 bridgehead atoms. The SMILES string of the molecule is COc1ccc(/C(O)=C2/C(=O)C(=O)N(Cc3ccccc3OC)C2c2ccc(Cl)cc2)c(OC)c1. The summed E-state index contributed by atoms with van der Waals surface area (Å²) in [5.74, 6) is -0.469. The third-order valence-corrected chi connectivity index (χ3v) is 6.17. The van der Waals surface area contributed by atoms with E-state index in [1.165, 1.54) is 19.1 Å². The normalized spacial score (nSPS) is 16.9. The number of likely N-dealkylation sites (tertiary alicyclic amines) is 1. The maximum absolute atomic E-state index is 13.3. The average Bonchev–Trinajstić information content (AvgIpc) is 3.13. The average molecular weight is 494 g/mol. The van der Waals surface area contributed by atoms with Crippen molar-refractivity contribution < 1.29 is 28.9 Å². The van der Waals surface area contributed by atoms with Gasteiger partial charge in [-0.15, -0.1) is 0 Å². The number of nitrogens with zero attached hydrogens (tertiary/aromatic N) is 1. The van der Waals surface area contributed by atoms with E-state index in [2.05, 4.69) is 0 Å². The molecule has 180 valence electrons. The lowest BCUT2D eigenvalue weighted by molar-refractivity contribution is -0.140. The smallest absolute Gasteiger partial charge is 0.295 e. The minimum absolute atomic E-state index is 0.0457. The Hall–Kier alpha value is -3.97. The number of methoxy groups -OCH3 is 3. The molecule has 1 amide bonds. The Morgan fingerprint density at radius 3 is 2.26 bits per heavy atom. The molecule has 7 nitrogen and oxygen atoms in total. The Morgan fingerprint density at radius 1 is 0.914 bits per heavy atom. The number of Topliss-reactive ketones (excluding diaryl/α,β-unsaturated/α-hetero) is 1. The molecule has 35 heavy (non-hydrogen) atoms. The fourth-order valence-electron chi connectivity index (χ4n) is 4.19. The fraction of sp³-hybridized carbons (Fsp3) is 0.185. The van der Waals surface area contributed by atoms with Gasteiger partial charge in [0.05, 0.1) is 45.1 Å². The molecule has 1 saturated heterocycles. The van der Waals surface area contributed by atoms with Gasteiger partial charge in [0.15, 0.2) is 0 Å². The van der Waals surface area contributed by atoms with Gasteiger partial charge in [-0.1, -0.05) is 41.9 Å². The lowest BCUT2D eigenvalue weighted by Crippen LogP contribution is -2.29. The molecule has 0 saturated carbocycles. The Balaban J connectivity index is 1.89. The molecular formula is C27H24ClNO6. The van der Waals surface area contributed by atoms with Crippen LogP contribution >= 0.6 is 11.6 Å². The van der Waals surface area contributed by atoms with Gasteiger partial charge in [-0.3, -0.25) is 9.59 Å². The zero-order valence-electron chi connectivity index (χ0n) is 19.4. The van der Waals surface area contributed by atoms with E-state index in [9.17, 15) is 14.7 Å². The summed E-state index contributed by atoms with van der Waals surface area (Å²) >= 11 is 6.09. The lowest BCUT2D eigenvalue weighted by Gasteiger charge is -2.26. The van der Waals surface area contributed by atoms with Crippen LogP contribution in [-0.4, -0.2) is 43.0 Å². The highest BCUT2D eigenvalue weighted by Crippen LogP contribution is 2.43. The molecule has 3 aromatic carbocycles. The van der Waals surface area contributed by atoms with E-state index in [0.29, 0.717) is 27.8 Å². The number of hydrogen-bond donors (Lipinski definition) is 1. The Kier molecular flexibility index (Phi) is 6.98. The number of halogens is 1. The van der Waals surface area contributed by atoms with Crippen molar-refractivity contribution in [2.45, 2.75) is 12.6 Å². The van der Waals surface area contributed by atoms with Gasteiger partial charge in [0.2, 0.25) is 0 Å². The van der Waals surface area contributed by atoms with Crippen LogP contribution in [0.5, 0.6) is 17.2 Å². The molecule has 0 aliphatic carbocycles. The molecule has 1 heterocycles. The van der Waals surface area contributed by atoms with Crippen molar-refractivity contribution in [3.8, 4) is 17.2 Å². The van der Waals surface area contributed by atoms with E-state index < -0.39 is 17.7 Å². The Morgan fingerprint density at radius 2 is 1.60 bits per heavy atom. The zero-order chi connectivity index (χ0) is 25.1. The van der Waals surface area contributed by atoms with Crippen LogP contribution in [0.1, 0.15) is 22.7 Å². The first-order chi connectivity index (χ1) is 16.9. The van der Waals surface area contributed by atoms with Crippen molar-refractivity contribution in [3.63, 3.8) is 0 Å². The number of hydrogen-bond acceptors (Lipinski definition) is 6. The van der Waals surface area contributed by atoms with E-state index in [-0.39, 0.29) is 23.4 Å². The van der Waals surface area contributed by atoms with Crippen molar-refractivity contribution in [2.24, 2.45) is 0 Å². The van der Waals surface area contributed by atoms with Crippen molar-refractivity contribution in [1.29, 1.82) is 0 Å². The number of carbonyl (C=O) groups is 2. The van der Waals surface area contributed by atoms with E-state index in [1.54, 1.807) is 55.6 Å². The van der Waals surface area contributed by atoms with Crippen LogP contribution in [0, 0.1) is 0 Å². The summed E-state index contributed by atoms with van der Waals surface area (Å²) < 4.78 is 16.1. The number of benzene rings is 3. The second-order valence-electron chi connectivity index (χ2n) is 7.86. The Labute approximate surface area is 208 Å². The first-order valence-corrected chi connectivity index (χ1v) is 11.2. The summed E-state index contributed by atoms with van der Waals surface area (Å²) in [5.41, 5.74) is 1.56. The first-order valence-electron chi connectivity index (χ1n) is 10.8. The van der Waals surface area contributed by atoms with Crippen molar-refractivity contribution in [1.82, 2.24) is 4.90 Å². The van der Waals surface area contributed by atoms with E-state index >= 15 is 0 Å². The number of aliphatic hydroxyl groups is 1. The molecule has 1 atom stereocenters. The summed E-state index contributed by atoms with van der Waals surface area (Å²) in [6, 6.07) is 18.0. The highest BCUT2D eigenvalue weighted by atomic mass is 35.5. The van der Waals surface area contributed by atoms with Crippen LogP contribution in [0.25, 0.3) is 5.76 Å². The minimum Gasteiger partial charge on any atom is -0.507 e. The number of para-hydroxylation sites is 1. The third kappa shape index (κ3) is 4.55. The number of ether oxygens (including phenoxy) is 3. The van der Waals surface area contributed by atoms with Gasteiger partial charge in [0.25, 0.3) is 11.7 Å². The van der Waals surface area contributed by atoms with Gasteiger partial charge in [-0.25, -0.2) is 0 Å². The van der Waals surface area contributed by atoms with Crippen molar-refractivity contribution in [3.05, 3.63) is 94.0 Å². The number of carbonyl (C=O) groups excluding carboxylic acids is 2. The standard InChI is InChI=1S/C27H24ClNO6/c1-33-19-12-13-20(22(14-19)35-3)25(30)23-24(16-8-10-18(28)11-9-16)29(27(32)26(23)31)15-17-6-4-5-7-21(17)34-2/h4-14,24,30H,15H2,1-3H3/b25-23-. The van der Waals surface area contributed by atoms with Gasteiger partial charge in [-0.2, -0.15) is 0 Å². The molecule has 4 rings (SSSR count). The van der Waals surface area contributed by atoms with Crippen LogP contribution in [0.3, 0.4) is 0 Å². The zero-order valence-corrected chi connectivity index (χ0v) is 20.2. The first kappa shape index (κ1) is 24.2. The van der Waals surface area contributed by atoms with Crippen LogP contribution in [0.4, 0.5) is 0 Å². The van der Waals surface area contributed by atoms with Gasteiger partial charge in [0.1, 0.15) is 23.0 Å². The van der Waals surface area contributed by atoms with Gasteiger partial charge < -0.3 is 24.2 Å². The predicted octanol–water partition coefficient (Wildman–Crippen LogP) is 4.99. The fourth-order valence-corrected chi connectivity index (χ4v) is 4.32. The quantitative estimate of drug-likeness (QED) is 0.283. The third-order valence-electron chi connectivity index (χ3n) is 5.92. The summed E-state index contributed by atoms with van der Waals surface area (Å²) in [5, 5.41) is 11.9. The maximum atomic E-state index is 13.3. The van der Waals surface area contributed by atoms with Gasteiger partial charge in [-0.05, 0) is 35.9 Å². The lowest BCUT2D eigenvalue weighted by atomic mass is 9.94. The molecule has 1 unspecified atom stereocenters. The summed E-state index contributed by atoms with van der Waals surface area (Å²) in [6.07, 6.45) is 0. The molecule has 1 fully saturated rings.